The van der Waals surface area contributed by atoms with Crippen molar-refractivity contribution >= 4 is 15.9 Å². The van der Waals surface area contributed by atoms with E-state index < -0.39 is 0 Å². The van der Waals surface area contributed by atoms with Crippen LogP contribution in [0.3, 0.4) is 0 Å². The second kappa shape index (κ2) is 5.23. The van der Waals surface area contributed by atoms with Gasteiger partial charge in [0, 0.05) is 11.9 Å². The Bertz CT molecular complexity index is 119. The number of rotatable bonds is 4. The Morgan fingerprint density at radius 2 is 1.83 bits per heavy atom. The number of alkyl halides is 1. The van der Waals surface area contributed by atoms with Crippen molar-refractivity contribution in [3.05, 3.63) is 0 Å². The summed E-state index contributed by atoms with van der Waals surface area (Å²) >= 11 is 3.60. The van der Waals surface area contributed by atoms with Crippen LogP contribution in [0.15, 0.2) is 0 Å². The molecule has 1 heterocycles. The molecule has 0 saturated carbocycles. The van der Waals surface area contributed by atoms with E-state index in [1.807, 2.05) is 0 Å². The molecule has 1 saturated heterocycles. The first-order valence-corrected chi connectivity index (χ1v) is 6.14. The Kier molecular flexibility index (Phi) is 4.59. The van der Waals surface area contributed by atoms with Crippen LogP contribution < -0.4 is 0 Å². The minimum atomic E-state index is 0.810. The van der Waals surface area contributed by atoms with Crippen molar-refractivity contribution in [3.63, 3.8) is 0 Å². The van der Waals surface area contributed by atoms with Crippen molar-refractivity contribution in [2.24, 2.45) is 11.8 Å². The van der Waals surface area contributed by atoms with Gasteiger partial charge in [0.25, 0.3) is 0 Å². The van der Waals surface area contributed by atoms with Gasteiger partial charge in [-0.3, -0.25) is 0 Å². The Labute approximate surface area is 84.6 Å². The molecule has 1 rings (SSSR count). The molecule has 1 aliphatic heterocycles. The first kappa shape index (κ1) is 10.5. The molecule has 12 heavy (non-hydrogen) atoms. The van der Waals surface area contributed by atoms with E-state index in [0.29, 0.717) is 0 Å². The summed E-state index contributed by atoms with van der Waals surface area (Å²) < 4.78 is 0. The summed E-state index contributed by atoms with van der Waals surface area (Å²) in [6, 6.07) is 0. The van der Waals surface area contributed by atoms with Crippen molar-refractivity contribution in [1.29, 1.82) is 0 Å². The van der Waals surface area contributed by atoms with Crippen LogP contribution >= 0.6 is 15.9 Å². The lowest BCUT2D eigenvalue weighted by molar-refractivity contribution is 0.254. The quantitative estimate of drug-likeness (QED) is 0.676. The highest BCUT2D eigenvalue weighted by molar-refractivity contribution is 9.09. The Hall–Kier alpha value is 0.440. The van der Waals surface area contributed by atoms with Crippen LogP contribution in [0.1, 0.15) is 26.7 Å². The lowest BCUT2D eigenvalue weighted by atomic mass is 9.98. The van der Waals surface area contributed by atoms with Gasteiger partial charge in [-0.15, -0.1) is 0 Å². The zero-order valence-electron chi connectivity index (χ0n) is 8.22. The van der Waals surface area contributed by atoms with Crippen LogP contribution in [-0.4, -0.2) is 29.9 Å². The van der Waals surface area contributed by atoms with Gasteiger partial charge in [-0.2, -0.15) is 0 Å². The highest BCUT2D eigenvalue weighted by Crippen LogP contribution is 2.18. The van der Waals surface area contributed by atoms with Crippen LogP contribution in [0.25, 0.3) is 0 Å². The summed E-state index contributed by atoms with van der Waals surface area (Å²) in [6.07, 6.45) is 2.82. The topological polar surface area (TPSA) is 3.24 Å². The molecule has 1 fully saturated rings. The third-order valence-corrected chi connectivity index (χ3v) is 3.66. The Balaban J connectivity index is 2.26. The number of hydrogen-bond donors (Lipinski definition) is 0. The van der Waals surface area contributed by atoms with Gasteiger partial charge in [-0.1, -0.05) is 29.8 Å². The maximum Gasteiger partial charge on any atom is 0.00743 e. The van der Waals surface area contributed by atoms with E-state index in [1.165, 1.54) is 32.5 Å². The van der Waals surface area contributed by atoms with Crippen molar-refractivity contribution in [2.75, 3.05) is 25.0 Å². The van der Waals surface area contributed by atoms with Gasteiger partial charge in [-0.25, -0.2) is 0 Å². The van der Waals surface area contributed by atoms with Crippen molar-refractivity contribution in [1.82, 2.24) is 4.90 Å². The van der Waals surface area contributed by atoms with E-state index in [2.05, 4.69) is 34.7 Å². The molecule has 72 valence electrons. The summed E-state index contributed by atoms with van der Waals surface area (Å²) in [7, 11) is 0. The van der Waals surface area contributed by atoms with E-state index in [0.717, 1.165) is 17.2 Å². The van der Waals surface area contributed by atoms with Gasteiger partial charge in [-0.05, 0) is 37.8 Å². The molecule has 1 atom stereocenters. The van der Waals surface area contributed by atoms with E-state index in [9.17, 15) is 0 Å². The fourth-order valence-electron chi connectivity index (χ4n) is 1.73. The molecule has 0 aromatic rings. The third kappa shape index (κ3) is 3.06. The van der Waals surface area contributed by atoms with E-state index in [1.54, 1.807) is 0 Å². The van der Waals surface area contributed by atoms with Crippen LogP contribution in [-0.2, 0) is 0 Å². The van der Waals surface area contributed by atoms with Crippen LogP contribution in [0.2, 0.25) is 0 Å². The molecule has 0 aliphatic carbocycles. The first-order chi connectivity index (χ1) is 5.74. The average Bonchev–Trinajstić information content (AvgIpc) is 2.51. The summed E-state index contributed by atoms with van der Waals surface area (Å²) in [5, 5.41) is 1.15. The number of nitrogens with zero attached hydrogens (tertiary/aromatic N) is 1. The van der Waals surface area contributed by atoms with Gasteiger partial charge in [0.05, 0.1) is 0 Å². The first-order valence-electron chi connectivity index (χ1n) is 5.02. The summed E-state index contributed by atoms with van der Waals surface area (Å²) in [6.45, 7) is 8.60. The lowest BCUT2D eigenvalue weighted by Crippen LogP contribution is -2.30. The average molecular weight is 234 g/mol. The number of likely N-dealkylation sites (tertiary alicyclic amines) is 1. The molecule has 2 heteroatoms. The predicted molar refractivity (Wildman–Crippen MR) is 57.8 cm³/mol. The highest BCUT2D eigenvalue weighted by Gasteiger charge is 2.18. The van der Waals surface area contributed by atoms with Gasteiger partial charge in [0.2, 0.25) is 0 Å². The molecular formula is C10H20BrN. The maximum absolute atomic E-state index is 3.60. The Morgan fingerprint density at radius 1 is 1.25 bits per heavy atom. The summed E-state index contributed by atoms with van der Waals surface area (Å²) in [5.41, 5.74) is 0. The standard InChI is InChI=1S/C10H20BrN/c1-9(2)10(7-11)8-12-5-3-4-6-12/h9-10H,3-8H2,1-2H3. The maximum atomic E-state index is 3.60. The minimum Gasteiger partial charge on any atom is -0.303 e. The van der Waals surface area contributed by atoms with Crippen LogP contribution in [0.4, 0.5) is 0 Å². The van der Waals surface area contributed by atoms with Crippen LogP contribution in [0, 0.1) is 11.8 Å². The molecule has 0 N–H and O–H groups in total. The van der Waals surface area contributed by atoms with E-state index >= 15 is 0 Å². The second-order valence-electron chi connectivity index (χ2n) is 4.17. The number of halogens is 1. The van der Waals surface area contributed by atoms with Gasteiger partial charge in [0.15, 0.2) is 0 Å². The van der Waals surface area contributed by atoms with Crippen molar-refractivity contribution < 1.29 is 0 Å². The van der Waals surface area contributed by atoms with Crippen molar-refractivity contribution in [3.8, 4) is 0 Å². The van der Waals surface area contributed by atoms with E-state index in [-0.39, 0.29) is 0 Å². The molecule has 0 bridgehead atoms. The van der Waals surface area contributed by atoms with Gasteiger partial charge >= 0.3 is 0 Å². The monoisotopic (exact) mass is 233 g/mol. The second-order valence-corrected chi connectivity index (χ2v) is 4.81. The Morgan fingerprint density at radius 3 is 2.25 bits per heavy atom. The molecule has 1 nitrogen and oxygen atoms in total. The zero-order valence-corrected chi connectivity index (χ0v) is 9.81. The summed E-state index contributed by atoms with van der Waals surface area (Å²) in [4.78, 5) is 2.60. The largest absolute Gasteiger partial charge is 0.303 e. The van der Waals surface area contributed by atoms with Gasteiger partial charge in [0.1, 0.15) is 0 Å². The molecule has 1 aliphatic rings. The smallest absolute Gasteiger partial charge is 0.00743 e. The molecule has 0 amide bonds. The molecule has 1 unspecified atom stereocenters. The van der Waals surface area contributed by atoms with Crippen LogP contribution in [0.5, 0.6) is 0 Å². The third-order valence-electron chi connectivity index (χ3n) is 2.83. The van der Waals surface area contributed by atoms with Crippen molar-refractivity contribution in [2.45, 2.75) is 26.7 Å². The molecule has 0 aromatic heterocycles. The SMILES string of the molecule is CC(C)C(CBr)CN1CCCC1. The summed E-state index contributed by atoms with van der Waals surface area (Å²) in [5.74, 6) is 1.65. The fourth-order valence-corrected chi connectivity index (χ4v) is 2.69. The van der Waals surface area contributed by atoms with Gasteiger partial charge < -0.3 is 4.90 Å². The fraction of sp³-hybridized carbons (Fsp3) is 1.00. The molecular weight excluding hydrogens is 214 g/mol. The zero-order chi connectivity index (χ0) is 8.97. The predicted octanol–water partition coefficient (Wildman–Crippen LogP) is 2.75. The molecule has 0 spiro atoms. The molecule has 0 aromatic carbocycles. The lowest BCUT2D eigenvalue weighted by Gasteiger charge is -2.24. The molecule has 0 radical (unpaired) electrons. The normalized spacial score (nSPS) is 22.0. The number of hydrogen-bond acceptors (Lipinski definition) is 1. The minimum absolute atomic E-state index is 0.810. The highest BCUT2D eigenvalue weighted by atomic mass is 79.9. The van der Waals surface area contributed by atoms with E-state index in [4.69, 9.17) is 0 Å².